The number of aromatic nitrogens is 5. The molecule has 0 aliphatic carbocycles. The van der Waals surface area contributed by atoms with Gasteiger partial charge < -0.3 is 15.5 Å². The molecule has 2 N–H and O–H groups in total. The molecule has 0 saturated carbocycles. The molecule has 1 atom stereocenters. The van der Waals surface area contributed by atoms with Crippen molar-refractivity contribution in [3.63, 3.8) is 0 Å². The number of carbonyl (C=O) groups excluding carboxylic acids is 2. The molecule has 4 heterocycles. The number of nitrogens with zero attached hydrogens (tertiary/aromatic N) is 7. The first-order chi connectivity index (χ1) is 17.0. The molecule has 11 heteroatoms. The van der Waals surface area contributed by atoms with Crippen molar-refractivity contribution >= 4 is 28.8 Å². The number of carbonyl (C=O) groups is 2. The second-order valence-corrected chi connectivity index (χ2v) is 9.63. The Kier molecular flexibility index (Phi) is 5.31. The molecule has 36 heavy (non-hydrogen) atoms. The summed E-state index contributed by atoms with van der Waals surface area (Å²) in [5, 5.41) is 8.65. The molecule has 0 spiro atoms. The van der Waals surface area contributed by atoms with Gasteiger partial charge in [0.15, 0.2) is 5.82 Å². The molecular formula is C25H27FN8O2. The second-order valence-electron chi connectivity index (χ2n) is 9.63. The summed E-state index contributed by atoms with van der Waals surface area (Å²) in [7, 11) is 1.82. The molecule has 3 aromatic heterocycles. The molecular weight excluding hydrogens is 463 g/mol. The van der Waals surface area contributed by atoms with Crippen LogP contribution in [-0.4, -0.2) is 59.2 Å². The van der Waals surface area contributed by atoms with Gasteiger partial charge in [-0.05, 0) is 45.0 Å². The van der Waals surface area contributed by atoms with Crippen molar-refractivity contribution in [1.82, 2.24) is 29.3 Å². The van der Waals surface area contributed by atoms with E-state index >= 15 is 4.39 Å². The molecule has 10 nitrogen and oxygen atoms in total. The molecule has 1 fully saturated rings. The van der Waals surface area contributed by atoms with Crippen molar-refractivity contribution in [2.45, 2.75) is 39.3 Å². The van der Waals surface area contributed by atoms with Crippen LogP contribution in [0.5, 0.6) is 0 Å². The standard InChI is InChI=1S/C25H27FN8O2/c1-14-11-32(15(2)35)25(3,4)24(36)33(14)21-8-16(6-7-19(21)26)20-9-18(17-10-29-31(5)12-17)22-23(27)28-13-30-34(20)22/h6-10,12-14H,11H2,1-5H3,(H2,27,28,30)/t14-/m0/s1. The van der Waals surface area contributed by atoms with Crippen molar-refractivity contribution in [3.05, 3.63) is 48.8 Å². The van der Waals surface area contributed by atoms with Gasteiger partial charge in [0, 0.05) is 43.4 Å². The molecule has 0 unspecified atom stereocenters. The number of nitrogen functional groups attached to an aromatic ring is 1. The largest absolute Gasteiger partial charge is 0.382 e. The van der Waals surface area contributed by atoms with Crippen LogP contribution in [-0.2, 0) is 16.6 Å². The molecule has 186 valence electrons. The van der Waals surface area contributed by atoms with E-state index in [1.807, 2.05) is 19.3 Å². The number of halogens is 1. The highest BCUT2D eigenvalue weighted by molar-refractivity contribution is 6.04. The van der Waals surface area contributed by atoms with Crippen LogP contribution < -0.4 is 10.6 Å². The molecule has 5 rings (SSSR count). The minimum Gasteiger partial charge on any atom is -0.382 e. The van der Waals surface area contributed by atoms with Crippen LogP contribution in [0.2, 0.25) is 0 Å². The van der Waals surface area contributed by atoms with E-state index in [4.69, 9.17) is 5.73 Å². The number of hydrogen-bond acceptors (Lipinski definition) is 6. The molecule has 4 aromatic rings. The van der Waals surface area contributed by atoms with Crippen molar-refractivity contribution < 1.29 is 14.0 Å². The number of nitrogens with two attached hydrogens (primary N) is 1. The summed E-state index contributed by atoms with van der Waals surface area (Å²) in [4.78, 5) is 32.8. The van der Waals surface area contributed by atoms with E-state index in [1.165, 1.54) is 29.1 Å². The maximum atomic E-state index is 15.2. The fourth-order valence-corrected chi connectivity index (χ4v) is 4.96. The van der Waals surface area contributed by atoms with Gasteiger partial charge in [0.1, 0.15) is 23.2 Å². The lowest BCUT2D eigenvalue weighted by molar-refractivity contribution is -0.146. The second kappa shape index (κ2) is 8.14. The van der Waals surface area contributed by atoms with Crippen molar-refractivity contribution in [1.29, 1.82) is 0 Å². The Balaban J connectivity index is 1.66. The average Bonchev–Trinajstić information content (AvgIpc) is 3.42. The summed E-state index contributed by atoms with van der Waals surface area (Å²) >= 11 is 0. The number of fused-ring (bicyclic) bond motifs is 1. The third-order valence-corrected chi connectivity index (χ3v) is 6.78. The fraction of sp³-hybridized carbons (Fsp3) is 0.320. The van der Waals surface area contributed by atoms with Crippen LogP contribution in [0.15, 0.2) is 43.0 Å². The quantitative estimate of drug-likeness (QED) is 0.472. The summed E-state index contributed by atoms with van der Waals surface area (Å²) in [6.45, 7) is 6.89. The van der Waals surface area contributed by atoms with E-state index in [1.54, 1.807) is 48.3 Å². The normalized spacial score (nSPS) is 17.7. The Labute approximate surface area is 207 Å². The zero-order valence-electron chi connectivity index (χ0n) is 20.7. The van der Waals surface area contributed by atoms with Gasteiger partial charge in [0.05, 0.1) is 23.6 Å². The van der Waals surface area contributed by atoms with Crippen LogP contribution in [0, 0.1) is 5.82 Å². The lowest BCUT2D eigenvalue weighted by Crippen LogP contribution is -2.67. The van der Waals surface area contributed by atoms with Gasteiger partial charge in [-0.15, -0.1) is 0 Å². The first-order valence-corrected chi connectivity index (χ1v) is 11.5. The van der Waals surface area contributed by atoms with Crippen LogP contribution in [0.1, 0.15) is 27.7 Å². The predicted molar refractivity (Wildman–Crippen MR) is 133 cm³/mol. The molecule has 1 saturated heterocycles. The number of aryl methyl sites for hydroxylation is 1. The number of anilines is 2. The molecule has 1 aliphatic rings. The maximum absolute atomic E-state index is 15.2. The summed E-state index contributed by atoms with van der Waals surface area (Å²) in [6.07, 6.45) is 4.94. The highest BCUT2D eigenvalue weighted by atomic mass is 19.1. The number of rotatable bonds is 3. The Hall–Kier alpha value is -4.28. The van der Waals surface area contributed by atoms with Crippen LogP contribution in [0.25, 0.3) is 27.9 Å². The number of benzene rings is 1. The van der Waals surface area contributed by atoms with E-state index in [-0.39, 0.29) is 17.5 Å². The van der Waals surface area contributed by atoms with E-state index in [2.05, 4.69) is 15.2 Å². The van der Waals surface area contributed by atoms with Gasteiger partial charge in [0.25, 0.3) is 5.91 Å². The third kappa shape index (κ3) is 3.50. The fourth-order valence-electron chi connectivity index (χ4n) is 4.96. The molecule has 1 aromatic carbocycles. The first kappa shape index (κ1) is 23.5. The number of piperazine rings is 1. The summed E-state index contributed by atoms with van der Waals surface area (Å²) in [5.74, 6) is -0.791. The molecule has 2 amide bonds. The van der Waals surface area contributed by atoms with E-state index in [9.17, 15) is 9.59 Å². The SMILES string of the molecule is CC(=O)N1C[C@H](C)N(c2cc(-c3cc(-c4cnn(C)c4)c4c(N)ncnn34)ccc2F)C(=O)C1(C)C. The maximum Gasteiger partial charge on any atom is 0.252 e. The Morgan fingerprint density at radius 1 is 1.19 bits per heavy atom. The Morgan fingerprint density at radius 3 is 2.61 bits per heavy atom. The van der Waals surface area contributed by atoms with Gasteiger partial charge in [-0.3, -0.25) is 14.3 Å². The molecule has 0 radical (unpaired) electrons. The molecule has 1 aliphatic heterocycles. The van der Waals surface area contributed by atoms with Crippen molar-refractivity contribution in [2.24, 2.45) is 7.05 Å². The Morgan fingerprint density at radius 2 is 1.94 bits per heavy atom. The highest BCUT2D eigenvalue weighted by Crippen LogP contribution is 2.38. The van der Waals surface area contributed by atoms with Crippen LogP contribution in [0.4, 0.5) is 15.9 Å². The van der Waals surface area contributed by atoms with Gasteiger partial charge in [-0.2, -0.15) is 10.2 Å². The average molecular weight is 491 g/mol. The minimum absolute atomic E-state index is 0.140. The lowest BCUT2D eigenvalue weighted by atomic mass is 9.93. The van der Waals surface area contributed by atoms with Crippen molar-refractivity contribution in [2.75, 3.05) is 17.2 Å². The summed E-state index contributed by atoms with van der Waals surface area (Å²) in [5.41, 5.74) is 8.76. The predicted octanol–water partition coefficient (Wildman–Crippen LogP) is 2.88. The highest BCUT2D eigenvalue weighted by Gasteiger charge is 2.47. The van der Waals surface area contributed by atoms with Gasteiger partial charge in [-0.25, -0.2) is 13.9 Å². The number of amides is 2. The minimum atomic E-state index is -1.11. The monoisotopic (exact) mass is 490 g/mol. The van der Waals surface area contributed by atoms with Crippen LogP contribution in [0.3, 0.4) is 0 Å². The Bertz CT molecular complexity index is 1520. The zero-order chi connectivity index (χ0) is 25.9. The van der Waals surface area contributed by atoms with Gasteiger partial charge in [-0.1, -0.05) is 0 Å². The topological polar surface area (TPSA) is 115 Å². The van der Waals surface area contributed by atoms with Crippen molar-refractivity contribution in [3.8, 4) is 22.4 Å². The number of hydrogen-bond donors (Lipinski definition) is 1. The zero-order valence-corrected chi connectivity index (χ0v) is 20.7. The van der Waals surface area contributed by atoms with E-state index in [0.717, 1.165) is 11.1 Å². The summed E-state index contributed by atoms with van der Waals surface area (Å²) < 4.78 is 18.6. The molecule has 0 bridgehead atoms. The lowest BCUT2D eigenvalue weighted by Gasteiger charge is -2.48. The van der Waals surface area contributed by atoms with E-state index in [0.29, 0.717) is 29.1 Å². The van der Waals surface area contributed by atoms with E-state index < -0.39 is 17.4 Å². The van der Waals surface area contributed by atoms with Gasteiger partial charge >= 0.3 is 0 Å². The summed E-state index contributed by atoms with van der Waals surface area (Å²) in [6, 6.07) is 6.08. The van der Waals surface area contributed by atoms with Gasteiger partial charge in [0.2, 0.25) is 5.91 Å². The smallest absolute Gasteiger partial charge is 0.252 e. The third-order valence-electron chi connectivity index (χ3n) is 6.78. The first-order valence-electron chi connectivity index (χ1n) is 11.5. The van der Waals surface area contributed by atoms with Crippen LogP contribution >= 0.6 is 0 Å².